The molecule has 0 N–H and O–H groups in total. The van der Waals surface area contributed by atoms with E-state index < -0.39 is 0 Å². The third-order valence-electron chi connectivity index (χ3n) is 7.99. The Morgan fingerprint density at radius 2 is 1.81 bits per heavy atom. The van der Waals surface area contributed by atoms with E-state index in [4.69, 9.17) is 9.47 Å². The first-order valence-corrected chi connectivity index (χ1v) is 10.5. The van der Waals surface area contributed by atoms with E-state index in [1.165, 1.54) is 6.42 Å². The summed E-state index contributed by atoms with van der Waals surface area (Å²) >= 11 is 0. The molecule has 4 aliphatic carbocycles. The van der Waals surface area contributed by atoms with Gasteiger partial charge >= 0.3 is 0 Å². The predicted octanol–water partition coefficient (Wildman–Crippen LogP) is 4.96. The second-order valence-corrected chi connectivity index (χ2v) is 10.4. The zero-order valence-electron chi connectivity index (χ0n) is 16.5. The van der Waals surface area contributed by atoms with E-state index >= 15 is 0 Å². The molecule has 2 fully saturated rings. The number of ketones is 1. The molecule has 3 nitrogen and oxygen atoms in total. The van der Waals surface area contributed by atoms with Crippen molar-refractivity contribution in [3.05, 3.63) is 22.8 Å². The van der Waals surface area contributed by atoms with E-state index in [2.05, 4.69) is 26.8 Å². The van der Waals surface area contributed by atoms with Gasteiger partial charge in [-0.05, 0) is 55.1 Å². The molecule has 26 heavy (non-hydrogen) atoms. The van der Waals surface area contributed by atoms with Gasteiger partial charge in [0.1, 0.15) is 5.78 Å². The van der Waals surface area contributed by atoms with E-state index in [-0.39, 0.29) is 16.6 Å². The highest BCUT2D eigenvalue weighted by Crippen LogP contribution is 2.58. The summed E-state index contributed by atoms with van der Waals surface area (Å²) in [6.07, 6.45) is 10.7. The van der Waals surface area contributed by atoms with E-state index in [1.807, 2.05) is 0 Å². The number of Topliss-reactive ketones (excluding diaryl/α,β-unsaturated/α-hetero) is 1. The molecule has 0 aromatic heterocycles. The monoisotopic (exact) mass is 356 g/mol. The van der Waals surface area contributed by atoms with Crippen LogP contribution in [0, 0.1) is 22.7 Å². The lowest BCUT2D eigenvalue weighted by Crippen LogP contribution is -2.49. The number of carbonyl (C=O) groups excluding carboxylic acids is 1. The van der Waals surface area contributed by atoms with Crippen molar-refractivity contribution >= 4 is 5.78 Å². The van der Waals surface area contributed by atoms with Gasteiger partial charge in [0.15, 0.2) is 5.79 Å². The standard InChI is InChI=1S/C23H32O3/c1-21(2)13-25-23(26-14-21)11-9-16-15(12-23)4-5-18-17(16)8-10-22(3)19(18)6-7-20(22)24/h8,18-19H,4-7,9-14H2,1-3H3/t18-,19-,22+/m1/s1. The largest absolute Gasteiger partial charge is 0.349 e. The number of carbonyl (C=O) groups is 1. The highest BCUT2D eigenvalue weighted by Gasteiger charge is 2.53. The Hall–Kier alpha value is -0.930. The molecule has 0 amide bonds. The molecule has 1 saturated heterocycles. The molecule has 0 aromatic rings. The van der Waals surface area contributed by atoms with Gasteiger partial charge in [0.25, 0.3) is 0 Å². The van der Waals surface area contributed by atoms with Crippen LogP contribution >= 0.6 is 0 Å². The van der Waals surface area contributed by atoms with Gasteiger partial charge in [0, 0.05) is 30.1 Å². The van der Waals surface area contributed by atoms with Crippen molar-refractivity contribution in [2.45, 2.75) is 77.9 Å². The Morgan fingerprint density at radius 1 is 1.04 bits per heavy atom. The number of hydrogen-bond acceptors (Lipinski definition) is 3. The minimum atomic E-state index is -0.367. The normalized spacial score (nSPS) is 40.7. The van der Waals surface area contributed by atoms with E-state index in [0.717, 1.165) is 58.2 Å². The van der Waals surface area contributed by atoms with Crippen LogP contribution in [0.15, 0.2) is 22.8 Å². The highest BCUT2D eigenvalue weighted by molar-refractivity contribution is 5.87. The van der Waals surface area contributed by atoms with Crippen LogP contribution in [0.1, 0.15) is 72.1 Å². The molecule has 3 atom stereocenters. The minimum absolute atomic E-state index is 0.0801. The molecule has 142 valence electrons. The van der Waals surface area contributed by atoms with Crippen LogP contribution in [-0.2, 0) is 14.3 Å². The maximum Gasteiger partial charge on any atom is 0.172 e. The SMILES string of the molecule is CC1(C)COC2(CCC3=C(CC[C@@H]4C3=CC[C@]3(C)C(=O)CC[C@H]43)C2)OC1. The van der Waals surface area contributed by atoms with Gasteiger partial charge < -0.3 is 9.47 Å². The number of ether oxygens (including phenoxy) is 2. The van der Waals surface area contributed by atoms with Crippen molar-refractivity contribution in [1.29, 1.82) is 0 Å². The Balaban J connectivity index is 1.42. The number of hydrogen-bond donors (Lipinski definition) is 0. The Morgan fingerprint density at radius 3 is 2.58 bits per heavy atom. The van der Waals surface area contributed by atoms with Crippen molar-refractivity contribution in [2.24, 2.45) is 22.7 Å². The zero-order chi connectivity index (χ0) is 18.2. The summed E-state index contributed by atoms with van der Waals surface area (Å²) in [5.74, 6) is 1.32. The van der Waals surface area contributed by atoms with Gasteiger partial charge in [-0.25, -0.2) is 0 Å². The first-order valence-electron chi connectivity index (χ1n) is 10.5. The topological polar surface area (TPSA) is 35.5 Å². The average Bonchev–Trinajstić information content (AvgIpc) is 2.93. The third-order valence-corrected chi connectivity index (χ3v) is 7.99. The van der Waals surface area contributed by atoms with Crippen molar-refractivity contribution in [3.63, 3.8) is 0 Å². The van der Waals surface area contributed by atoms with Crippen LogP contribution in [0.2, 0.25) is 0 Å². The summed E-state index contributed by atoms with van der Waals surface area (Å²) in [6.45, 7) is 8.25. The lowest BCUT2D eigenvalue weighted by atomic mass is 9.58. The molecular formula is C23H32O3. The molecular weight excluding hydrogens is 324 g/mol. The van der Waals surface area contributed by atoms with E-state index in [0.29, 0.717) is 17.6 Å². The van der Waals surface area contributed by atoms with Crippen molar-refractivity contribution < 1.29 is 14.3 Å². The molecule has 0 unspecified atom stereocenters. The second kappa shape index (κ2) is 5.54. The van der Waals surface area contributed by atoms with Crippen molar-refractivity contribution in [2.75, 3.05) is 13.2 Å². The predicted molar refractivity (Wildman–Crippen MR) is 101 cm³/mol. The molecule has 1 heterocycles. The summed E-state index contributed by atoms with van der Waals surface area (Å²) in [7, 11) is 0. The van der Waals surface area contributed by atoms with Gasteiger partial charge in [-0.15, -0.1) is 0 Å². The fourth-order valence-electron chi connectivity index (χ4n) is 6.32. The van der Waals surface area contributed by atoms with Crippen LogP contribution in [0.4, 0.5) is 0 Å². The lowest BCUT2D eigenvalue weighted by molar-refractivity contribution is -0.302. The Bertz CT molecular complexity index is 703. The van der Waals surface area contributed by atoms with Gasteiger partial charge in [0.2, 0.25) is 0 Å². The fraction of sp³-hybridized carbons (Fsp3) is 0.783. The molecule has 5 aliphatic rings. The summed E-state index contributed by atoms with van der Waals surface area (Å²) in [4.78, 5) is 12.5. The van der Waals surface area contributed by atoms with Crippen molar-refractivity contribution in [1.82, 2.24) is 0 Å². The summed E-state index contributed by atoms with van der Waals surface area (Å²) < 4.78 is 12.6. The maximum absolute atomic E-state index is 12.5. The first kappa shape index (κ1) is 17.2. The van der Waals surface area contributed by atoms with Crippen LogP contribution in [0.5, 0.6) is 0 Å². The van der Waals surface area contributed by atoms with Gasteiger partial charge in [-0.2, -0.15) is 0 Å². The fourth-order valence-corrected chi connectivity index (χ4v) is 6.32. The molecule has 0 bridgehead atoms. The van der Waals surface area contributed by atoms with E-state index in [1.54, 1.807) is 16.7 Å². The Kier molecular flexibility index (Phi) is 3.66. The average molecular weight is 357 g/mol. The first-order chi connectivity index (χ1) is 12.3. The molecule has 0 radical (unpaired) electrons. The molecule has 3 heteroatoms. The summed E-state index contributed by atoms with van der Waals surface area (Å²) in [5.41, 5.74) is 4.82. The van der Waals surface area contributed by atoms with Crippen LogP contribution in [0.25, 0.3) is 0 Å². The quantitative estimate of drug-likeness (QED) is 0.615. The smallest absolute Gasteiger partial charge is 0.172 e. The summed E-state index contributed by atoms with van der Waals surface area (Å²) in [5, 5.41) is 0. The third kappa shape index (κ3) is 2.43. The minimum Gasteiger partial charge on any atom is -0.349 e. The lowest BCUT2D eigenvalue weighted by Gasteiger charge is -2.50. The molecule has 1 spiro atoms. The number of rotatable bonds is 0. The van der Waals surface area contributed by atoms with Crippen LogP contribution < -0.4 is 0 Å². The molecule has 0 aromatic carbocycles. The molecule has 1 saturated carbocycles. The number of allylic oxidation sites excluding steroid dienone is 3. The molecule has 5 rings (SSSR count). The van der Waals surface area contributed by atoms with Crippen LogP contribution in [0.3, 0.4) is 0 Å². The van der Waals surface area contributed by atoms with Crippen molar-refractivity contribution in [3.8, 4) is 0 Å². The Labute approximate surface area is 157 Å². The van der Waals surface area contributed by atoms with Crippen LogP contribution in [-0.4, -0.2) is 24.8 Å². The molecule has 1 aliphatic heterocycles. The summed E-state index contributed by atoms with van der Waals surface area (Å²) in [6, 6.07) is 0. The van der Waals surface area contributed by atoms with E-state index in [9.17, 15) is 4.79 Å². The highest BCUT2D eigenvalue weighted by atomic mass is 16.7. The van der Waals surface area contributed by atoms with Gasteiger partial charge in [-0.3, -0.25) is 4.79 Å². The number of fused-ring (bicyclic) bond motifs is 4. The van der Waals surface area contributed by atoms with Gasteiger partial charge in [0.05, 0.1) is 13.2 Å². The maximum atomic E-state index is 12.5. The zero-order valence-corrected chi connectivity index (χ0v) is 16.5. The van der Waals surface area contributed by atoms with Gasteiger partial charge in [-0.1, -0.05) is 32.4 Å². The second-order valence-electron chi connectivity index (χ2n) is 10.4.